The van der Waals surface area contributed by atoms with Crippen molar-refractivity contribution in [2.24, 2.45) is 11.3 Å². The minimum absolute atomic E-state index is 0.0544. The third-order valence-corrected chi connectivity index (χ3v) is 2.96. The fourth-order valence-corrected chi connectivity index (χ4v) is 2.55. The van der Waals surface area contributed by atoms with Crippen LogP contribution in [0.1, 0.15) is 40.5 Å². The Morgan fingerprint density at radius 3 is 2.75 bits per heavy atom. The molecular formula is C12H21NO3. The number of nitrogens with one attached hydrogen (secondary N) is 1. The summed E-state index contributed by atoms with van der Waals surface area (Å²) in [7, 11) is 0. The highest BCUT2D eigenvalue weighted by Crippen LogP contribution is 2.38. The molecule has 0 spiro atoms. The van der Waals surface area contributed by atoms with E-state index in [0.29, 0.717) is 18.9 Å². The summed E-state index contributed by atoms with van der Waals surface area (Å²) in [4.78, 5) is 23.2. The average Bonchev–Trinajstić information content (AvgIpc) is 2.40. The molecule has 0 bridgehead atoms. The van der Waals surface area contributed by atoms with Crippen LogP contribution in [0.2, 0.25) is 0 Å². The van der Waals surface area contributed by atoms with Gasteiger partial charge in [0, 0.05) is 11.8 Å². The SMILES string of the molecule is CCOC(=O)C1NC(=O)CC1(C)CC(C)C. The molecule has 1 aliphatic heterocycles. The van der Waals surface area contributed by atoms with Crippen LogP contribution in [-0.2, 0) is 14.3 Å². The van der Waals surface area contributed by atoms with Crippen molar-refractivity contribution in [2.45, 2.75) is 46.6 Å². The molecule has 2 atom stereocenters. The van der Waals surface area contributed by atoms with E-state index < -0.39 is 6.04 Å². The molecule has 1 N–H and O–H groups in total. The topological polar surface area (TPSA) is 55.4 Å². The Morgan fingerprint density at radius 2 is 2.25 bits per heavy atom. The molecule has 0 radical (unpaired) electrons. The summed E-state index contributed by atoms with van der Waals surface area (Å²) in [5, 5.41) is 2.72. The number of esters is 1. The van der Waals surface area contributed by atoms with Crippen molar-refractivity contribution in [3.05, 3.63) is 0 Å². The first-order valence-electron chi connectivity index (χ1n) is 5.85. The summed E-state index contributed by atoms with van der Waals surface area (Å²) >= 11 is 0. The highest BCUT2D eigenvalue weighted by molar-refractivity contribution is 5.89. The largest absolute Gasteiger partial charge is 0.464 e. The van der Waals surface area contributed by atoms with Crippen LogP contribution in [0.4, 0.5) is 0 Å². The maximum Gasteiger partial charge on any atom is 0.329 e. The van der Waals surface area contributed by atoms with Crippen molar-refractivity contribution < 1.29 is 14.3 Å². The lowest BCUT2D eigenvalue weighted by atomic mass is 9.76. The molecule has 0 saturated carbocycles. The standard InChI is InChI=1S/C12H21NO3/c1-5-16-11(15)10-12(4,6-8(2)3)7-9(14)13-10/h8,10H,5-7H2,1-4H3,(H,13,14). The van der Waals surface area contributed by atoms with Gasteiger partial charge in [-0.2, -0.15) is 0 Å². The maximum absolute atomic E-state index is 11.8. The van der Waals surface area contributed by atoms with Crippen LogP contribution in [-0.4, -0.2) is 24.5 Å². The van der Waals surface area contributed by atoms with Crippen molar-refractivity contribution in [1.82, 2.24) is 5.32 Å². The number of rotatable bonds is 4. The second-order valence-electron chi connectivity index (χ2n) is 5.18. The highest BCUT2D eigenvalue weighted by Gasteiger charge is 2.47. The smallest absolute Gasteiger partial charge is 0.329 e. The Hall–Kier alpha value is -1.06. The normalized spacial score (nSPS) is 29.3. The van der Waals surface area contributed by atoms with Crippen molar-refractivity contribution in [2.75, 3.05) is 6.61 Å². The van der Waals surface area contributed by atoms with Gasteiger partial charge in [0.1, 0.15) is 6.04 Å². The van der Waals surface area contributed by atoms with Crippen LogP contribution < -0.4 is 5.32 Å². The van der Waals surface area contributed by atoms with Gasteiger partial charge in [-0.1, -0.05) is 20.8 Å². The fourth-order valence-electron chi connectivity index (χ4n) is 2.55. The molecule has 0 aromatic heterocycles. The molecule has 1 aliphatic rings. The van der Waals surface area contributed by atoms with E-state index >= 15 is 0 Å². The second-order valence-corrected chi connectivity index (χ2v) is 5.18. The number of hydrogen-bond donors (Lipinski definition) is 1. The van der Waals surface area contributed by atoms with Crippen molar-refractivity contribution in [3.8, 4) is 0 Å². The molecule has 1 rings (SSSR count). The second kappa shape index (κ2) is 4.85. The number of amides is 1. The monoisotopic (exact) mass is 227 g/mol. The summed E-state index contributed by atoms with van der Waals surface area (Å²) < 4.78 is 5.00. The van der Waals surface area contributed by atoms with Crippen LogP contribution in [0.15, 0.2) is 0 Å². The van der Waals surface area contributed by atoms with Crippen LogP contribution >= 0.6 is 0 Å². The van der Waals surface area contributed by atoms with Gasteiger partial charge in [0.2, 0.25) is 5.91 Å². The van der Waals surface area contributed by atoms with Gasteiger partial charge in [0.05, 0.1) is 6.61 Å². The Labute approximate surface area is 96.7 Å². The number of carbonyl (C=O) groups is 2. The Morgan fingerprint density at radius 1 is 1.62 bits per heavy atom. The van der Waals surface area contributed by atoms with Gasteiger partial charge >= 0.3 is 5.97 Å². The lowest BCUT2D eigenvalue weighted by Crippen LogP contribution is -2.44. The predicted molar refractivity (Wildman–Crippen MR) is 60.7 cm³/mol. The van der Waals surface area contributed by atoms with Crippen LogP contribution in [0.25, 0.3) is 0 Å². The van der Waals surface area contributed by atoms with E-state index in [9.17, 15) is 9.59 Å². The number of ether oxygens (including phenoxy) is 1. The molecule has 4 nitrogen and oxygen atoms in total. The third-order valence-electron chi connectivity index (χ3n) is 2.96. The van der Waals surface area contributed by atoms with Crippen molar-refractivity contribution in [3.63, 3.8) is 0 Å². The summed E-state index contributed by atoms with van der Waals surface area (Å²) in [6.45, 7) is 8.29. The first-order chi connectivity index (χ1) is 7.39. The van der Waals surface area contributed by atoms with E-state index in [1.165, 1.54) is 0 Å². The van der Waals surface area contributed by atoms with E-state index in [2.05, 4.69) is 19.2 Å². The Kier molecular flexibility index (Phi) is 3.94. The molecule has 4 heteroatoms. The summed E-state index contributed by atoms with van der Waals surface area (Å²) in [5.41, 5.74) is -0.308. The van der Waals surface area contributed by atoms with Gasteiger partial charge in [0.25, 0.3) is 0 Å². The number of carbonyl (C=O) groups excluding carboxylic acids is 2. The molecular weight excluding hydrogens is 206 g/mol. The molecule has 0 aliphatic carbocycles. The van der Waals surface area contributed by atoms with E-state index in [1.54, 1.807) is 6.92 Å². The quantitative estimate of drug-likeness (QED) is 0.740. The Bertz CT molecular complexity index is 288. The van der Waals surface area contributed by atoms with Gasteiger partial charge in [0.15, 0.2) is 0 Å². The fraction of sp³-hybridized carbons (Fsp3) is 0.833. The van der Waals surface area contributed by atoms with Crippen molar-refractivity contribution in [1.29, 1.82) is 0 Å². The van der Waals surface area contributed by atoms with Gasteiger partial charge in [-0.3, -0.25) is 4.79 Å². The maximum atomic E-state index is 11.8. The van der Waals surface area contributed by atoms with Gasteiger partial charge < -0.3 is 10.1 Å². The zero-order chi connectivity index (χ0) is 12.3. The van der Waals surface area contributed by atoms with Crippen molar-refractivity contribution >= 4 is 11.9 Å². The van der Waals surface area contributed by atoms with Gasteiger partial charge in [-0.15, -0.1) is 0 Å². The number of hydrogen-bond acceptors (Lipinski definition) is 3. The van der Waals surface area contributed by atoms with Crippen LogP contribution in [0.3, 0.4) is 0 Å². The minimum Gasteiger partial charge on any atom is -0.464 e. The first-order valence-corrected chi connectivity index (χ1v) is 5.85. The third kappa shape index (κ3) is 2.74. The van der Waals surface area contributed by atoms with E-state index in [-0.39, 0.29) is 17.3 Å². The lowest BCUT2D eigenvalue weighted by Gasteiger charge is -2.30. The molecule has 0 aromatic carbocycles. The minimum atomic E-state index is -0.484. The summed E-state index contributed by atoms with van der Waals surface area (Å²) in [6.07, 6.45) is 1.25. The van der Waals surface area contributed by atoms with Gasteiger partial charge in [-0.25, -0.2) is 4.79 Å². The van der Waals surface area contributed by atoms with E-state index in [0.717, 1.165) is 6.42 Å². The first kappa shape index (κ1) is 13.0. The molecule has 1 heterocycles. The van der Waals surface area contributed by atoms with E-state index in [1.807, 2.05) is 6.92 Å². The zero-order valence-corrected chi connectivity index (χ0v) is 10.5. The molecule has 92 valence electrons. The van der Waals surface area contributed by atoms with Gasteiger partial charge in [-0.05, 0) is 19.3 Å². The molecule has 0 aromatic rings. The Balaban J connectivity index is 2.80. The highest BCUT2D eigenvalue weighted by atomic mass is 16.5. The summed E-state index contributed by atoms with van der Waals surface area (Å²) in [6, 6.07) is -0.484. The average molecular weight is 227 g/mol. The zero-order valence-electron chi connectivity index (χ0n) is 10.5. The molecule has 1 fully saturated rings. The lowest BCUT2D eigenvalue weighted by molar-refractivity contribution is -0.148. The molecule has 1 saturated heterocycles. The van der Waals surface area contributed by atoms with E-state index in [4.69, 9.17) is 4.74 Å². The molecule has 1 amide bonds. The van der Waals surface area contributed by atoms with Crippen LogP contribution in [0.5, 0.6) is 0 Å². The predicted octanol–water partition coefficient (Wildman–Crippen LogP) is 1.49. The molecule has 16 heavy (non-hydrogen) atoms. The molecule has 2 unspecified atom stereocenters. The summed E-state index contributed by atoms with van der Waals surface area (Å²) in [5.74, 6) is 0.0901. The van der Waals surface area contributed by atoms with Crippen LogP contribution in [0, 0.1) is 11.3 Å².